The minimum absolute atomic E-state index is 0.0755. The highest BCUT2D eigenvalue weighted by Gasteiger charge is 2.33. The topological polar surface area (TPSA) is 58.6 Å². The number of amides is 1. The molecule has 1 fully saturated rings. The summed E-state index contributed by atoms with van der Waals surface area (Å²) in [6.45, 7) is 4.45. The van der Waals surface area contributed by atoms with Crippen molar-refractivity contribution in [2.24, 2.45) is 5.41 Å². The molecule has 4 heteroatoms. The first-order valence-electron chi connectivity index (χ1n) is 5.12. The largest absolute Gasteiger partial charge is 0.396 e. The molecule has 1 saturated heterocycles. The molecule has 0 aromatic rings. The predicted molar refractivity (Wildman–Crippen MR) is 52.9 cm³/mol. The van der Waals surface area contributed by atoms with E-state index in [1.54, 1.807) is 0 Å². The average Bonchev–Trinajstić information content (AvgIpc) is 2.12. The molecule has 0 atom stereocenters. The second-order valence-corrected chi connectivity index (χ2v) is 4.26. The van der Waals surface area contributed by atoms with Gasteiger partial charge < -0.3 is 15.2 Å². The van der Waals surface area contributed by atoms with Crippen molar-refractivity contribution in [3.8, 4) is 0 Å². The standard InChI is InChI=1S/C10H19NO3/c1-10(7-14-8-10)6-11-9(13)4-2-3-5-12/h12H,2-8H2,1H3,(H,11,13). The SMILES string of the molecule is CC1(CNC(=O)CCCCO)COC1. The van der Waals surface area contributed by atoms with Gasteiger partial charge in [0.15, 0.2) is 0 Å². The predicted octanol–water partition coefficient (Wildman–Crippen LogP) is 0.302. The molecular formula is C10H19NO3. The van der Waals surface area contributed by atoms with E-state index in [9.17, 15) is 4.79 Å². The summed E-state index contributed by atoms with van der Waals surface area (Å²) in [5, 5.41) is 11.4. The molecule has 2 N–H and O–H groups in total. The van der Waals surface area contributed by atoms with Crippen molar-refractivity contribution in [3.05, 3.63) is 0 Å². The van der Waals surface area contributed by atoms with Crippen LogP contribution in [0.3, 0.4) is 0 Å². The van der Waals surface area contributed by atoms with E-state index in [1.807, 2.05) is 0 Å². The molecule has 1 aliphatic rings. The Hall–Kier alpha value is -0.610. The van der Waals surface area contributed by atoms with Crippen LogP contribution >= 0.6 is 0 Å². The van der Waals surface area contributed by atoms with Crippen molar-refractivity contribution in [1.82, 2.24) is 5.32 Å². The van der Waals surface area contributed by atoms with Gasteiger partial charge in [-0.1, -0.05) is 6.92 Å². The number of hydrogen-bond donors (Lipinski definition) is 2. The van der Waals surface area contributed by atoms with Crippen molar-refractivity contribution in [1.29, 1.82) is 0 Å². The van der Waals surface area contributed by atoms with E-state index < -0.39 is 0 Å². The van der Waals surface area contributed by atoms with Crippen molar-refractivity contribution >= 4 is 5.91 Å². The second-order valence-electron chi connectivity index (χ2n) is 4.26. The third-order valence-electron chi connectivity index (χ3n) is 2.43. The number of carbonyl (C=O) groups is 1. The van der Waals surface area contributed by atoms with E-state index in [1.165, 1.54) is 0 Å². The number of rotatable bonds is 6. The molecule has 0 aromatic heterocycles. The molecule has 82 valence electrons. The summed E-state index contributed by atoms with van der Waals surface area (Å²) >= 11 is 0. The summed E-state index contributed by atoms with van der Waals surface area (Å²) in [6.07, 6.45) is 1.97. The third-order valence-corrected chi connectivity index (χ3v) is 2.43. The van der Waals surface area contributed by atoms with Crippen LogP contribution in [0.5, 0.6) is 0 Å². The smallest absolute Gasteiger partial charge is 0.220 e. The van der Waals surface area contributed by atoms with Crippen LogP contribution < -0.4 is 5.32 Å². The monoisotopic (exact) mass is 201 g/mol. The van der Waals surface area contributed by atoms with Gasteiger partial charge in [-0.2, -0.15) is 0 Å². The molecule has 1 amide bonds. The maximum Gasteiger partial charge on any atom is 0.220 e. The summed E-state index contributed by atoms with van der Waals surface area (Å²) in [5.74, 6) is 0.0755. The van der Waals surface area contributed by atoms with Gasteiger partial charge in [-0.15, -0.1) is 0 Å². The quantitative estimate of drug-likeness (QED) is 0.608. The number of carbonyl (C=O) groups excluding carboxylic acids is 1. The summed E-state index contributed by atoms with van der Waals surface area (Å²) in [4.78, 5) is 11.3. The van der Waals surface area contributed by atoms with Crippen molar-refractivity contribution < 1.29 is 14.6 Å². The normalized spacial score (nSPS) is 18.7. The van der Waals surface area contributed by atoms with E-state index in [0.29, 0.717) is 19.4 Å². The molecule has 1 aliphatic heterocycles. The van der Waals surface area contributed by atoms with Crippen LogP contribution in [0.15, 0.2) is 0 Å². The van der Waals surface area contributed by atoms with Crippen LogP contribution in [0, 0.1) is 5.41 Å². The lowest BCUT2D eigenvalue weighted by molar-refractivity contribution is -0.126. The van der Waals surface area contributed by atoms with Crippen molar-refractivity contribution in [2.75, 3.05) is 26.4 Å². The Kier molecular flexibility index (Phi) is 4.35. The molecule has 0 bridgehead atoms. The second kappa shape index (κ2) is 5.32. The van der Waals surface area contributed by atoms with Gasteiger partial charge in [0.1, 0.15) is 0 Å². The Labute approximate surface area is 84.6 Å². The van der Waals surface area contributed by atoms with Crippen molar-refractivity contribution in [2.45, 2.75) is 26.2 Å². The Bertz CT molecular complexity index is 190. The van der Waals surface area contributed by atoms with Crippen LogP contribution in [0.1, 0.15) is 26.2 Å². The minimum atomic E-state index is 0.0755. The zero-order valence-corrected chi connectivity index (χ0v) is 8.71. The first-order valence-corrected chi connectivity index (χ1v) is 5.12. The fourth-order valence-corrected chi connectivity index (χ4v) is 1.35. The van der Waals surface area contributed by atoms with Gasteiger partial charge in [-0.05, 0) is 12.8 Å². The van der Waals surface area contributed by atoms with Gasteiger partial charge in [0.2, 0.25) is 5.91 Å². The summed E-state index contributed by atoms with van der Waals surface area (Å²) in [7, 11) is 0. The summed E-state index contributed by atoms with van der Waals surface area (Å²) in [6, 6.07) is 0. The molecule has 0 spiro atoms. The molecule has 0 saturated carbocycles. The van der Waals surface area contributed by atoms with E-state index in [-0.39, 0.29) is 17.9 Å². The highest BCUT2D eigenvalue weighted by Crippen LogP contribution is 2.24. The third kappa shape index (κ3) is 3.64. The number of hydrogen-bond acceptors (Lipinski definition) is 3. The van der Waals surface area contributed by atoms with Gasteiger partial charge in [0.25, 0.3) is 0 Å². The Morgan fingerprint density at radius 1 is 1.50 bits per heavy atom. The fraction of sp³-hybridized carbons (Fsp3) is 0.900. The number of nitrogens with one attached hydrogen (secondary N) is 1. The maximum atomic E-state index is 11.3. The number of aliphatic hydroxyl groups excluding tert-OH is 1. The Morgan fingerprint density at radius 3 is 2.71 bits per heavy atom. The molecule has 0 unspecified atom stereocenters. The van der Waals surface area contributed by atoms with Crippen LogP contribution in [0.4, 0.5) is 0 Å². The Balaban J connectivity index is 2.03. The van der Waals surface area contributed by atoms with Crippen LogP contribution in [0.25, 0.3) is 0 Å². The van der Waals surface area contributed by atoms with Gasteiger partial charge >= 0.3 is 0 Å². The minimum Gasteiger partial charge on any atom is -0.396 e. The van der Waals surface area contributed by atoms with Gasteiger partial charge in [0.05, 0.1) is 13.2 Å². The van der Waals surface area contributed by atoms with Gasteiger partial charge in [-0.25, -0.2) is 0 Å². The Morgan fingerprint density at radius 2 is 2.21 bits per heavy atom. The lowest BCUT2D eigenvalue weighted by Gasteiger charge is -2.38. The molecule has 0 radical (unpaired) electrons. The fourth-order valence-electron chi connectivity index (χ4n) is 1.35. The molecule has 14 heavy (non-hydrogen) atoms. The number of ether oxygens (including phenoxy) is 1. The lowest BCUT2D eigenvalue weighted by atomic mass is 9.89. The zero-order chi connectivity index (χ0) is 10.4. The van der Waals surface area contributed by atoms with E-state index in [4.69, 9.17) is 9.84 Å². The van der Waals surface area contributed by atoms with E-state index in [2.05, 4.69) is 12.2 Å². The first kappa shape index (κ1) is 11.5. The van der Waals surface area contributed by atoms with Crippen molar-refractivity contribution in [3.63, 3.8) is 0 Å². The molecular weight excluding hydrogens is 182 g/mol. The molecule has 0 aromatic carbocycles. The van der Waals surface area contributed by atoms with Crippen LogP contribution in [-0.4, -0.2) is 37.4 Å². The number of unbranched alkanes of at least 4 members (excludes halogenated alkanes) is 1. The van der Waals surface area contributed by atoms with Crippen LogP contribution in [0.2, 0.25) is 0 Å². The van der Waals surface area contributed by atoms with Crippen LogP contribution in [-0.2, 0) is 9.53 Å². The number of aliphatic hydroxyl groups is 1. The summed E-state index contributed by atoms with van der Waals surface area (Å²) < 4.78 is 5.08. The van der Waals surface area contributed by atoms with Gasteiger partial charge in [0, 0.05) is 25.0 Å². The summed E-state index contributed by atoms with van der Waals surface area (Å²) in [5.41, 5.74) is 0.145. The van der Waals surface area contributed by atoms with Gasteiger partial charge in [-0.3, -0.25) is 4.79 Å². The van der Waals surface area contributed by atoms with E-state index in [0.717, 1.165) is 19.6 Å². The molecule has 1 heterocycles. The molecule has 1 rings (SSSR count). The highest BCUT2D eigenvalue weighted by molar-refractivity contribution is 5.75. The maximum absolute atomic E-state index is 11.3. The lowest BCUT2D eigenvalue weighted by Crippen LogP contribution is -2.48. The molecule has 0 aliphatic carbocycles. The first-order chi connectivity index (χ1) is 6.66. The average molecular weight is 201 g/mol. The molecule has 4 nitrogen and oxygen atoms in total. The zero-order valence-electron chi connectivity index (χ0n) is 8.71. The van der Waals surface area contributed by atoms with E-state index >= 15 is 0 Å². The highest BCUT2D eigenvalue weighted by atomic mass is 16.5.